The van der Waals surface area contributed by atoms with E-state index in [0.29, 0.717) is 5.56 Å². The van der Waals surface area contributed by atoms with Gasteiger partial charge in [0.25, 0.3) is 0 Å². The molecule has 4 nitrogen and oxygen atoms in total. The van der Waals surface area contributed by atoms with E-state index in [1.165, 1.54) is 13.2 Å². The standard InChI is InChI=1S/C9H9ClO4/c1-4-3-5(14-2)6(9(12)13)8(11)7(4)10/h3,11H,1-2H3,(H,12,13). The van der Waals surface area contributed by atoms with Gasteiger partial charge >= 0.3 is 5.97 Å². The van der Waals surface area contributed by atoms with Crippen LogP contribution in [0.5, 0.6) is 11.5 Å². The number of aromatic carboxylic acids is 1. The molecule has 0 aliphatic heterocycles. The summed E-state index contributed by atoms with van der Waals surface area (Å²) >= 11 is 5.69. The Bertz CT molecular complexity index is 387. The van der Waals surface area contributed by atoms with Crippen molar-refractivity contribution in [3.05, 3.63) is 22.2 Å². The van der Waals surface area contributed by atoms with Crippen molar-refractivity contribution >= 4 is 17.6 Å². The first-order chi connectivity index (χ1) is 6.49. The van der Waals surface area contributed by atoms with Crippen LogP contribution in [0.4, 0.5) is 0 Å². The topological polar surface area (TPSA) is 66.8 Å². The molecule has 5 heteroatoms. The number of carbonyl (C=O) groups is 1. The van der Waals surface area contributed by atoms with Gasteiger partial charge in [0.15, 0.2) is 5.75 Å². The van der Waals surface area contributed by atoms with E-state index in [9.17, 15) is 9.90 Å². The summed E-state index contributed by atoms with van der Waals surface area (Å²) in [7, 11) is 1.33. The number of phenols is 1. The summed E-state index contributed by atoms with van der Waals surface area (Å²) in [6, 6.07) is 1.46. The van der Waals surface area contributed by atoms with Crippen LogP contribution in [0.1, 0.15) is 15.9 Å². The number of ether oxygens (including phenoxy) is 1. The molecule has 0 radical (unpaired) electrons. The summed E-state index contributed by atoms with van der Waals surface area (Å²) in [6.45, 7) is 1.65. The first-order valence-corrected chi connectivity index (χ1v) is 4.16. The third-order valence-corrected chi connectivity index (χ3v) is 2.30. The van der Waals surface area contributed by atoms with Gasteiger partial charge in [-0.15, -0.1) is 0 Å². The van der Waals surface area contributed by atoms with Crippen LogP contribution in [0.15, 0.2) is 6.07 Å². The molecular formula is C9H9ClO4. The second kappa shape index (κ2) is 3.75. The highest BCUT2D eigenvalue weighted by Gasteiger charge is 2.20. The second-order valence-electron chi connectivity index (χ2n) is 2.74. The number of carboxylic acids is 1. The minimum absolute atomic E-state index is 0.0307. The quantitative estimate of drug-likeness (QED) is 0.794. The number of hydrogen-bond donors (Lipinski definition) is 2. The van der Waals surface area contributed by atoms with Gasteiger partial charge in [-0.3, -0.25) is 0 Å². The zero-order chi connectivity index (χ0) is 10.9. The zero-order valence-corrected chi connectivity index (χ0v) is 8.42. The summed E-state index contributed by atoms with van der Waals surface area (Å²) in [5.74, 6) is -1.64. The molecule has 0 amide bonds. The van der Waals surface area contributed by atoms with Gasteiger partial charge in [-0.05, 0) is 18.6 Å². The van der Waals surface area contributed by atoms with Gasteiger partial charge in [0.1, 0.15) is 11.3 Å². The molecule has 0 aliphatic carbocycles. The predicted molar refractivity (Wildman–Crippen MR) is 51.4 cm³/mol. The van der Waals surface area contributed by atoms with Crippen molar-refractivity contribution < 1.29 is 19.7 Å². The maximum absolute atomic E-state index is 10.8. The van der Waals surface area contributed by atoms with Gasteiger partial charge < -0.3 is 14.9 Å². The predicted octanol–water partition coefficient (Wildman–Crippen LogP) is 2.06. The van der Waals surface area contributed by atoms with E-state index in [4.69, 9.17) is 21.4 Å². The molecule has 0 aliphatic rings. The Hall–Kier alpha value is -1.42. The molecule has 0 aromatic heterocycles. The first kappa shape index (κ1) is 10.7. The lowest BCUT2D eigenvalue weighted by atomic mass is 10.1. The maximum atomic E-state index is 10.8. The number of rotatable bonds is 2. The molecule has 14 heavy (non-hydrogen) atoms. The largest absolute Gasteiger partial charge is 0.505 e. The summed E-state index contributed by atoms with van der Waals surface area (Å²) in [6.07, 6.45) is 0. The van der Waals surface area contributed by atoms with E-state index in [0.717, 1.165) is 0 Å². The fourth-order valence-corrected chi connectivity index (χ4v) is 1.26. The lowest BCUT2D eigenvalue weighted by Crippen LogP contribution is -2.02. The minimum atomic E-state index is -1.28. The third-order valence-electron chi connectivity index (χ3n) is 1.82. The Kier molecular flexibility index (Phi) is 2.86. The second-order valence-corrected chi connectivity index (χ2v) is 3.12. The fraction of sp³-hybridized carbons (Fsp3) is 0.222. The SMILES string of the molecule is COc1cc(C)c(Cl)c(O)c1C(=O)O. The number of aromatic hydroxyl groups is 1. The molecular weight excluding hydrogens is 208 g/mol. The molecule has 2 N–H and O–H groups in total. The van der Waals surface area contributed by atoms with Crippen molar-refractivity contribution in [2.75, 3.05) is 7.11 Å². The Morgan fingerprint density at radius 1 is 1.57 bits per heavy atom. The normalized spacial score (nSPS) is 9.93. The number of benzene rings is 1. The van der Waals surface area contributed by atoms with E-state index in [-0.39, 0.29) is 16.3 Å². The summed E-state index contributed by atoms with van der Waals surface area (Å²) in [4.78, 5) is 10.8. The van der Waals surface area contributed by atoms with Crippen molar-refractivity contribution in [2.24, 2.45) is 0 Å². The van der Waals surface area contributed by atoms with Crippen LogP contribution in [-0.2, 0) is 0 Å². The van der Waals surface area contributed by atoms with Crippen LogP contribution < -0.4 is 4.74 Å². The highest BCUT2D eigenvalue weighted by Crippen LogP contribution is 2.37. The number of carboxylic acid groups (broad SMARTS) is 1. The number of aryl methyl sites for hydroxylation is 1. The molecule has 0 saturated heterocycles. The van der Waals surface area contributed by atoms with Crippen molar-refractivity contribution in [3.8, 4) is 11.5 Å². The van der Waals surface area contributed by atoms with Crippen LogP contribution in [0.25, 0.3) is 0 Å². The Labute approximate surface area is 85.7 Å². The molecule has 0 heterocycles. The number of methoxy groups -OCH3 is 1. The minimum Gasteiger partial charge on any atom is -0.505 e. The molecule has 76 valence electrons. The first-order valence-electron chi connectivity index (χ1n) is 3.78. The summed E-state index contributed by atoms with van der Waals surface area (Å²) < 4.78 is 4.82. The highest BCUT2D eigenvalue weighted by atomic mass is 35.5. The lowest BCUT2D eigenvalue weighted by Gasteiger charge is -2.10. The van der Waals surface area contributed by atoms with E-state index >= 15 is 0 Å². The van der Waals surface area contributed by atoms with Crippen LogP contribution >= 0.6 is 11.6 Å². The molecule has 0 bridgehead atoms. The van der Waals surface area contributed by atoms with Crippen LogP contribution in [0.3, 0.4) is 0 Å². The van der Waals surface area contributed by atoms with Crippen molar-refractivity contribution in [3.63, 3.8) is 0 Å². The van der Waals surface area contributed by atoms with Crippen LogP contribution in [0.2, 0.25) is 5.02 Å². The summed E-state index contributed by atoms with van der Waals surface area (Å²) in [5, 5.41) is 18.3. The molecule has 0 unspecified atom stereocenters. The summed E-state index contributed by atoms with van der Waals surface area (Å²) in [5.41, 5.74) is 0.245. The van der Waals surface area contributed by atoms with Gasteiger partial charge in [0, 0.05) is 0 Å². The average molecular weight is 217 g/mol. The molecule has 0 fully saturated rings. The lowest BCUT2D eigenvalue weighted by molar-refractivity contribution is 0.0690. The average Bonchev–Trinajstić information content (AvgIpc) is 2.12. The Balaban J connectivity index is 3.53. The third kappa shape index (κ3) is 1.61. The molecule has 0 saturated carbocycles. The van der Waals surface area contributed by atoms with E-state index in [1.54, 1.807) is 6.92 Å². The van der Waals surface area contributed by atoms with E-state index < -0.39 is 11.7 Å². The Morgan fingerprint density at radius 2 is 2.14 bits per heavy atom. The van der Waals surface area contributed by atoms with Crippen molar-refractivity contribution in [1.29, 1.82) is 0 Å². The van der Waals surface area contributed by atoms with Crippen molar-refractivity contribution in [1.82, 2.24) is 0 Å². The van der Waals surface area contributed by atoms with Crippen LogP contribution in [-0.4, -0.2) is 23.3 Å². The Morgan fingerprint density at radius 3 is 2.57 bits per heavy atom. The molecule has 1 rings (SSSR count). The fourth-order valence-electron chi connectivity index (χ4n) is 1.11. The number of hydrogen-bond acceptors (Lipinski definition) is 3. The smallest absolute Gasteiger partial charge is 0.343 e. The number of halogens is 1. The molecule has 1 aromatic rings. The molecule has 1 aromatic carbocycles. The van der Waals surface area contributed by atoms with E-state index in [2.05, 4.69) is 0 Å². The van der Waals surface area contributed by atoms with Gasteiger partial charge in [-0.2, -0.15) is 0 Å². The van der Waals surface area contributed by atoms with Crippen molar-refractivity contribution in [2.45, 2.75) is 6.92 Å². The highest BCUT2D eigenvalue weighted by molar-refractivity contribution is 6.33. The van der Waals surface area contributed by atoms with E-state index in [1.807, 2.05) is 0 Å². The zero-order valence-electron chi connectivity index (χ0n) is 7.67. The van der Waals surface area contributed by atoms with Gasteiger partial charge in [0.05, 0.1) is 12.1 Å². The monoisotopic (exact) mass is 216 g/mol. The van der Waals surface area contributed by atoms with Gasteiger partial charge in [-0.1, -0.05) is 11.6 Å². The molecule has 0 atom stereocenters. The van der Waals surface area contributed by atoms with Crippen LogP contribution in [0, 0.1) is 6.92 Å². The maximum Gasteiger partial charge on any atom is 0.343 e. The van der Waals surface area contributed by atoms with Gasteiger partial charge in [0.2, 0.25) is 0 Å². The van der Waals surface area contributed by atoms with Gasteiger partial charge in [-0.25, -0.2) is 4.79 Å². The molecule has 0 spiro atoms.